The Kier molecular flexibility index (Phi) is 3.28. The third-order valence-corrected chi connectivity index (χ3v) is 5.13. The SMILES string of the molecule is COc1ccccc1[C@H]1CC(=O)c2cn3c(nc2C1)nc1ccccc13. The predicted molar refractivity (Wildman–Crippen MR) is 98.9 cm³/mol. The maximum absolute atomic E-state index is 12.9. The number of ketones is 1. The lowest BCUT2D eigenvalue weighted by Gasteiger charge is -2.24. The normalized spacial score (nSPS) is 16.8. The minimum absolute atomic E-state index is 0.0745. The molecule has 1 aliphatic rings. The average molecular weight is 343 g/mol. The smallest absolute Gasteiger partial charge is 0.235 e. The molecule has 0 spiro atoms. The monoisotopic (exact) mass is 343 g/mol. The molecule has 2 heterocycles. The van der Waals surface area contributed by atoms with Gasteiger partial charge < -0.3 is 4.74 Å². The molecule has 1 aliphatic carbocycles. The second kappa shape index (κ2) is 5.66. The molecular formula is C21H17N3O2. The number of hydrogen-bond donors (Lipinski definition) is 0. The second-order valence-electron chi connectivity index (χ2n) is 6.64. The van der Waals surface area contributed by atoms with Crippen LogP contribution in [0.1, 0.15) is 34.0 Å². The van der Waals surface area contributed by atoms with Crippen LogP contribution < -0.4 is 4.74 Å². The summed E-state index contributed by atoms with van der Waals surface area (Å²) in [7, 11) is 1.66. The first-order chi connectivity index (χ1) is 12.7. The first-order valence-corrected chi connectivity index (χ1v) is 8.67. The summed E-state index contributed by atoms with van der Waals surface area (Å²) in [5.74, 6) is 1.65. The number of imidazole rings is 1. The fourth-order valence-electron chi connectivity index (χ4n) is 3.87. The number of ether oxygens (including phenoxy) is 1. The van der Waals surface area contributed by atoms with Crippen LogP contribution in [0.15, 0.2) is 54.7 Å². The topological polar surface area (TPSA) is 56.5 Å². The van der Waals surface area contributed by atoms with Crippen LogP contribution in [0.3, 0.4) is 0 Å². The van der Waals surface area contributed by atoms with E-state index >= 15 is 0 Å². The Balaban J connectivity index is 1.64. The number of benzene rings is 2. The minimum atomic E-state index is 0.0745. The van der Waals surface area contributed by atoms with E-state index in [9.17, 15) is 4.79 Å². The molecule has 0 bridgehead atoms. The van der Waals surface area contributed by atoms with Gasteiger partial charge in [-0.3, -0.25) is 9.20 Å². The van der Waals surface area contributed by atoms with Crippen LogP contribution in [-0.4, -0.2) is 27.3 Å². The number of fused-ring (bicyclic) bond motifs is 4. The number of carbonyl (C=O) groups is 1. The number of Topliss-reactive ketones (excluding diaryl/α,β-unsaturated/α-hetero) is 1. The van der Waals surface area contributed by atoms with Gasteiger partial charge in [0.15, 0.2) is 5.78 Å². The number of hydrogen-bond acceptors (Lipinski definition) is 4. The van der Waals surface area contributed by atoms with E-state index in [0.29, 0.717) is 24.2 Å². The zero-order valence-corrected chi connectivity index (χ0v) is 14.3. The van der Waals surface area contributed by atoms with Gasteiger partial charge in [-0.15, -0.1) is 0 Å². The molecule has 128 valence electrons. The summed E-state index contributed by atoms with van der Waals surface area (Å²) in [6.45, 7) is 0. The molecule has 0 N–H and O–H groups in total. The molecule has 0 fully saturated rings. The van der Waals surface area contributed by atoms with E-state index in [1.165, 1.54) is 0 Å². The molecule has 5 rings (SSSR count). The molecule has 4 aromatic rings. The van der Waals surface area contributed by atoms with Gasteiger partial charge >= 0.3 is 0 Å². The third kappa shape index (κ3) is 2.20. The maximum Gasteiger partial charge on any atom is 0.235 e. The Hall–Kier alpha value is -3.21. The van der Waals surface area contributed by atoms with Gasteiger partial charge in [0, 0.05) is 18.5 Å². The van der Waals surface area contributed by atoms with Gasteiger partial charge in [-0.05, 0) is 30.2 Å². The first-order valence-electron chi connectivity index (χ1n) is 8.67. The van der Waals surface area contributed by atoms with Crippen LogP contribution in [0, 0.1) is 0 Å². The third-order valence-electron chi connectivity index (χ3n) is 5.13. The van der Waals surface area contributed by atoms with E-state index < -0.39 is 0 Å². The van der Waals surface area contributed by atoms with Crippen molar-refractivity contribution in [3.05, 3.63) is 71.5 Å². The van der Waals surface area contributed by atoms with E-state index in [4.69, 9.17) is 9.72 Å². The first kappa shape index (κ1) is 15.1. The molecule has 0 unspecified atom stereocenters. The van der Waals surface area contributed by atoms with Gasteiger partial charge in [0.2, 0.25) is 5.78 Å². The average Bonchev–Trinajstić information content (AvgIpc) is 3.04. The Morgan fingerprint density at radius 1 is 1.04 bits per heavy atom. The van der Waals surface area contributed by atoms with Gasteiger partial charge in [-0.1, -0.05) is 30.3 Å². The highest BCUT2D eigenvalue weighted by Crippen LogP contribution is 2.36. The number of rotatable bonds is 2. The van der Waals surface area contributed by atoms with Crippen LogP contribution >= 0.6 is 0 Å². The molecule has 1 atom stereocenters. The molecule has 0 saturated heterocycles. The van der Waals surface area contributed by atoms with Gasteiger partial charge in [-0.2, -0.15) is 0 Å². The lowest BCUT2D eigenvalue weighted by molar-refractivity contribution is 0.0962. The molecule has 0 saturated carbocycles. The fourth-order valence-corrected chi connectivity index (χ4v) is 3.87. The summed E-state index contributed by atoms with van der Waals surface area (Å²) in [6.07, 6.45) is 3.07. The van der Waals surface area contributed by atoms with Crippen molar-refractivity contribution in [1.29, 1.82) is 0 Å². The second-order valence-corrected chi connectivity index (χ2v) is 6.64. The Morgan fingerprint density at radius 2 is 1.85 bits per heavy atom. The van der Waals surface area contributed by atoms with Crippen molar-refractivity contribution in [2.24, 2.45) is 0 Å². The largest absolute Gasteiger partial charge is 0.496 e. The number of para-hydroxylation sites is 3. The predicted octanol–water partition coefficient (Wildman–Crippen LogP) is 3.80. The highest BCUT2D eigenvalue weighted by atomic mass is 16.5. The van der Waals surface area contributed by atoms with E-state index in [0.717, 1.165) is 28.0 Å². The maximum atomic E-state index is 12.9. The Bertz CT molecular complexity index is 1160. The molecule has 2 aromatic heterocycles. The molecule has 2 aromatic carbocycles. The zero-order chi connectivity index (χ0) is 17.7. The summed E-state index contributed by atoms with van der Waals surface area (Å²) in [5.41, 5.74) is 4.43. The van der Waals surface area contributed by atoms with Crippen molar-refractivity contribution in [2.45, 2.75) is 18.8 Å². The quantitative estimate of drug-likeness (QED) is 0.555. The molecule has 5 nitrogen and oxygen atoms in total. The van der Waals surface area contributed by atoms with Crippen LogP contribution in [0.25, 0.3) is 16.8 Å². The van der Waals surface area contributed by atoms with Crippen molar-refractivity contribution in [2.75, 3.05) is 7.11 Å². The summed E-state index contributed by atoms with van der Waals surface area (Å²) in [5, 5.41) is 0. The van der Waals surface area contributed by atoms with Crippen molar-refractivity contribution in [3.63, 3.8) is 0 Å². The van der Waals surface area contributed by atoms with Crippen molar-refractivity contribution in [1.82, 2.24) is 14.4 Å². The zero-order valence-electron chi connectivity index (χ0n) is 14.3. The Labute approximate surface area is 150 Å². The van der Waals surface area contributed by atoms with E-state index in [-0.39, 0.29) is 11.7 Å². The van der Waals surface area contributed by atoms with Crippen LogP contribution in [0.5, 0.6) is 5.75 Å². The fraction of sp³-hybridized carbons (Fsp3) is 0.190. The minimum Gasteiger partial charge on any atom is -0.496 e. The van der Waals surface area contributed by atoms with Crippen molar-refractivity contribution in [3.8, 4) is 5.75 Å². The summed E-state index contributed by atoms with van der Waals surface area (Å²) in [4.78, 5) is 22.2. The van der Waals surface area contributed by atoms with Gasteiger partial charge in [0.25, 0.3) is 0 Å². The van der Waals surface area contributed by atoms with Crippen LogP contribution in [0.4, 0.5) is 0 Å². The Morgan fingerprint density at radius 3 is 2.73 bits per heavy atom. The highest BCUT2D eigenvalue weighted by molar-refractivity contribution is 5.99. The molecule has 0 aliphatic heterocycles. The number of methoxy groups -OCH3 is 1. The molecule has 5 heteroatoms. The summed E-state index contributed by atoms with van der Waals surface area (Å²) >= 11 is 0. The molecular weight excluding hydrogens is 326 g/mol. The number of carbonyl (C=O) groups excluding carboxylic acids is 1. The molecule has 0 amide bonds. The van der Waals surface area contributed by atoms with E-state index in [2.05, 4.69) is 4.98 Å². The lowest BCUT2D eigenvalue weighted by atomic mass is 9.82. The standard InChI is InChI=1S/C21H17N3O2/c1-26-20-9-5-2-6-14(20)13-10-17-15(19(25)11-13)12-24-18-8-4-3-7-16(18)22-21(24)23-17/h2-9,12-13H,10-11H2,1H3/t13-/m1/s1. The number of aromatic nitrogens is 3. The lowest BCUT2D eigenvalue weighted by Crippen LogP contribution is -2.21. The van der Waals surface area contributed by atoms with Crippen molar-refractivity contribution < 1.29 is 9.53 Å². The summed E-state index contributed by atoms with van der Waals surface area (Å²) in [6, 6.07) is 15.8. The molecule has 26 heavy (non-hydrogen) atoms. The van der Waals surface area contributed by atoms with Crippen LogP contribution in [-0.2, 0) is 6.42 Å². The molecule has 0 radical (unpaired) electrons. The van der Waals surface area contributed by atoms with Gasteiger partial charge in [0.05, 0.1) is 29.4 Å². The van der Waals surface area contributed by atoms with Crippen LogP contribution in [0.2, 0.25) is 0 Å². The summed E-state index contributed by atoms with van der Waals surface area (Å²) < 4.78 is 7.40. The van der Waals surface area contributed by atoms with E-state index in [1.807, 2.05) is 59.1 Å². The van der Waals surface area contributed by atoms with Gasteiger partial charge in [-0.25, -0.2) is 9.97 Å². The van der Waals surface area contributed by atoms with Crippen molar-refractivity contribution >= 4 is 22.6 Å². The van der Waals surface area contributed by atoms with E-state index in [1.54, 1.807) is 7.11 Å². The number of nitrogens with zero attached hydrogens (tertiary/aromatic N) is 3. The highest BCUT2D eigenvalue weighted by Gasteiger charge is 2.30. The van der Waals surface area contributed by atoms with Gasteiger partial charge in [0.1, 0.15) is 5.75 Å².